The number of halogens is 1. The van der Waals surface area contributed by atoms with E-state index in [4.69, 9.17) is 9.47 Å². The van der Waals surface area contributed by atoms with E-state index in [1.165, 1.54) is 18.5 Å². The largest absolute Gasteiger partial charge is 0.471 e. The zero-order valence-corrected chi connectivity index (χ0v) is 13.3. The molecule has 0 radical (unpaired) electrons. The summed E-state index contributed by atoms with van der Waals surface area (Å²) in [6, 6.07) is 6.21. The van der Waals surface area contributed by atoms with Crippen molar-refractivity contribution in [2.24, 2.45) is 0 Å². The number of ether oxygens (including phenoxy) is 2. The molecule has 0 unspecified atom stereocenters. The highest BCUT2D eigenvalue weighted by Gasteiger charge is 2.17. The second kappa shape index (κ2) is 6.34. The summed E-state index contributed by atoms with van der Waals surface area (Å²) in [7, 11) is 1.64. The number of aryl methyl sites for hydroxylation is 1. The van der Waals surface area contributed by atoms with Crippen molar-refractivity contribution >= 4 is 11.0 Å². The fourth-order valence-corrected chi connectivity index (χ4v) is 2.55. The van der Waals surface area contributed by atoms with Crippen molar-refractivity contribution in [3.8, 4) is 5.88 Å². The zero-order valence-electron chi connectivity index (χ0n) is 13.3. The molecular formula is C17H18FN3O2. The van der Waals surface area contributed by atoms with Gasteiger partial charge in [0, 0.05) is 12.8 Å². The van der Waals surface area contributed by atoms with E-state index in [1.54, 1.807) is 19.2 Å². The lowest BCUT2D eigenvalue weighted by Gasteiger charge is -2.10. The molecule has 6 heteroatoms. The van der Waals surface area contributed by atoms with Crippen LogP contribution < -0.4 is 4.74 Å². The maximum atomic E-state index is 13.0. The van der Waals surface area contributed by atoms with Gasteiger partial charge in [-0.05, 0) is 37.1 Å². The minimum Gasteiger partial charge on any atom is -0.471 e. The van der Waals surface area contributed by atoms with Crippen molar-refractivity contribution in [1.82, 2.24) is 14.5 Å². The van der Waals surface area contributed by atoms with Crippen LogP contribution in [0.25, 0.3) is 11.0 Å². The molecule has 0 aliphatic rings. The molecule has 2 heterocycles. The van der Waals surface area contributed by atoms with E-state index in [2.05, 4.69) is 9.97 Å². The van der Waals surface area contributed by atoms with Crippen LogP contribution in [0.4, 0.5) is 4.39 Å². The molecule has 5 nitrogen and oxygen atoms in total. The first-order valence-corrected chi connectivity index (χ1v) is 7.28. The summed E-state index contributed by atoms with van der Waals surface area (Å²) >= 11 is 0. The maximum Gasteiger partial charge on any atom is 0.242 e. The van der Waals surface area contributed by atoms with E-state index in [9.17, 15) is 4.39 Å². The van der Waals surface area contributed by atoms with Gasteiger partial charge >= 0.3 is 0 Å². The van der Waals surface area contributed by atoms with Crippen molar-refractivity contribution in [1.29, 1.82) is 0 Å². The van der Waals surface area contributed by atoms with Gasteiger partial charge in [-0.2, -0.15) is 4.98 Å². The van der Waals surface area contributed by atoms with Crippen LogP contribution in [0.1, 0.15) is 16.8 Å². The molecule has 2 aromatic heterocycles. The first kappa shape index (κ1) is 15.4. The summed E-state index contributed by atoms with van der Waals surface area (Å²) < 4.78 is 26.1. The Morgan fingerprint density at radius 3 is 2.57 bits per heavy atom. The minimum atomic E-state index is -0.265. The molecule has 0 bridgehead atoms. The van der Waals surface area contributed by atoms with Gasteiger partial charge in [0.2, 0.25) is 5.88 Å². The zero-order chi connectivity index (χ0) is 16.4. The van der Waals surface area contributed by atoms with Gasteiger partial charge in [-0.15, -0.1) is 0 Å². The summed E-state index contributed by atoms with van der Waals surface area (Å²) in [5.41, 5.74) is 4.67. The summed E-state index contributed by atoms with van der Waals surface area (Å²) in [4.78, 5) is 8.61. The predicted molar refractivity (Wildman–Crippen MR) is 84.7 cm³/mol. The third-order valence-corrected chi connectivity index (χ3v) is 3.91. The number of benzene rings is 1. The lowest BCUT2D eigenvalue weighted by atomic mass is 10.2. The van der Waals surface area contributed by atoms with Crippen molar-refractivity contribution in [2.45, 2.75) is 27.2 Å². The van der Waals surface area contributed by atoms with Gasteiger partial charge in [0.15, 0.2) is 0 Å². The molecule has 1 aromatic carbocycles. The molecule has 0 amide bonds. The van der Waals surface area contributed by atoms with Crippen molar-refractivity contribution in [3.63, 3.8) is 0 Å². The first-order valence-electron chi connectivity index (χ1n) is 7.28. The monoisotopic (exact) mass is 315 g/mol. The fraction of sp³-hybridized carbons (Fsp3) is 0.294. The third kappa shape index (κ3) is 2.90. The van der Waals surface area contributed by atoms with Crippen molar-refractivity contribution in [3.05, 3.63) is 53.2 Å². The van der Waals surface area contributed by atoms with E-state index in [0.717, 1.165) is 27.9 Å². The molecule has 0 fully saturated rings. The molecule has 0 aliphatic heterocycles. The van der Waals surface area contributed by atoms with Gasteiger partial charge in [-0.3, -0.25) is 0 Å². The average Bonchev–Trinajstić information content (AvgIpc) is 2.80. The fourth-order valence-electron chi connectivity index (χ4n) is 2.55. The maximum absolute atomic E-state index is 13.0. The van der Waals surface area contributed by atoms with Crippen LogP contribution in [0.5, 0.6) is 5.88 Å². The molecule has 23 heavy (non-hydrogen) atoms. The third-order valence-electron chi connectivity index (χ3n) is 3.91. The lowest BCUT2D eigenvalue weighted by Crippen LogP contribution is -2.05. The molecule has 3 aromatic rings. The molecular weight excluding hydrogens is 297 g/mol. The Morgan fingerprint density at radius 1 is 1.13 bits per heavy atom. The first-order chi connectivity index (χ1) is 11.1. The van der Waals surface area contributed by atoms with Crippen molar-refractivity contribution in [2.75, 3.05) is 7.11 Å². The van der Waals surface area contributed by atoms with Gasteiger partial charge in [-0.1, -0.05) is 12.1 Å². The highest BCUT2D eigenvalue weighted by atomic mass is 19.1. The second-order valence-electron chi connectivity index (χ2n) is 5.35. The van der Waals surface area contributed by atoms with E-state index >= 15 is 0 Å². The molecule has 0 atom stereocenters. The molecule has 0 saturated heterocycles. The van der Waals surface area contributed by atoms with Crippen LogP contribution in [0, 0.1) is 19.7 Å². The van der Waals surface area contributed by atoms with E-state index < -0.39 is 0 Å². The topological polar surface area (TPSA) is 49.2 Å². The number of rotatable bonds is 5. The van der Waals surface area contributed by atoms with Gasteiger partial charge < -0.3 is 14.0 Å². The number of hydrogen-bond acceptors (Lipinski definition) is 4. The Morgan fingerprint density at radius 2 is 1.87 bits per heavy atom. The second-order valence-corrected chi connectivity index (χ2v) is 5.35. The van der Waals surface area contributed by atoms with Crippen LogP contribution in [-0.2, 0) is 18.1 Å². The number of fused-ring (bicyclic) bond motifs is 1. The Labute approximate surface area is 133 Å². The Hall–Kier alpha value is -2.47. The number of hydrogen-bond donors (Lipinski definition) is 0. The highest BCUT2D eigenvalue weighted by molar-refractivity contribution is 5.85. The standard InChI is InChI=1S/C17H18FN3O2/c1-11-12(2)21(10-22-3)16-15(11)19-9-20-17(16)23-8-13-4-6-14(18)7-5-13/h4-7,9H,8,10H2,1-3H3. The molecule has 0 aliphatic carbocycles. The number of nitrogens with zero attached hydrogens (tertiary/aromatic N) is 3. The van der Waals surface area contributed by atoms with E-state index in [0.29, 0.717) is 19.2 Å². The molecule has 0 N–H and O–H groups in total. The summed E-state index contributed by atoms with van der Waals surface area (Å²) in [5, 5.41) is 0. The van der Waals surface area contributed by atoms with Crippen molar-refractivity contribution < 1.29 is 13.9 Å². The van der Waals surface area contributed by atoms with Gasteiger partial charge in [-0.25, -0.2) is 9.37 Å². The molecule has 3 rings (SSSR count). The number of methoxy groups -OCH3 is 1. The summed E-state index contributed by atoms with van der Waals surface area (Å²) in [5.74, 6) is 0.228. The van der Waals surface area contributed by atoms with Gasteiger partial charge in [0.25, 0.3) is 0 Å². The Bertz CT molecular complexity index is 828. The smallest absolute Gasteiger partial charge is 0.242 e. The highest BCUT2D eigenvalue weighted by Crippen LogP contribution is 2.29. The van der Waals surface area contributed by atoms with Crippen LogP contribution in [0.2, 0.25) is 0 Å². The van der Waals surface area contributed by atoms with Gasteiger partial charge in [0.05, 0.1) is 5.52 Å². The Balaban J connectivity index is 1.97. The van der Waals surface area contributed by atoms with Crippen LogP contribution >= 0.6 is 0 Å². The molecule has 0 saturated carbocycles. The lowest BCUT2D eigenvalue weighted by molar-refractivity contribution is 0.132. The average molecular weight is 315 g/mol. The van der Waals surface area contributed by atoms with Crippen LogP contribution in [0.3, 0.4) is 0 Å². The normalized spacial score (nSPS) is 11.1. The molecule has 120 valence electrons. The SMILES string of the molecule is COCn1c(C)c(C)c2ncnc(OCc3ccc(F)cc3)c21. The van der Waals surface area contributed by atoms with Gasteiger partial charge in [0.1, 0.15) is 31.0 Å². The van der Waals surface area contributed by atoms with Crippen LogP contribution in [-0.4, -0.2) is 21.6 Å². The summed E-state index contributed by atoms with van der Waals surface area (Å²) in [6.07, 6.45) is 1.49. The predicted octanol–water partition coefficient (Wildman–Crippen LogP) is 3.37. The Kier molecular flexibility index (Phi) is 4.25. The van der Waals surface area contributed by atoms with E-state index in [1.807, 2.05) is 18.4 Å². The number of aromatic nitrogens is 3. The van der Waals surface area contributed by atoms with Crippen LogP contribution in [0.15, 0.2) is 30.6 Å². The quantitative estimate of drug-likeness (QED) is 0.724. The summed E-state index contributed by atoms with van der Waals surface area (Å²) in [6.45, 7) is 4.74. The minimum absolute atomic E-state index is 0.265. The molecule has 0 spiro atoms. The van der Waals surface area contributed by atoms with E-state index in [-0.39, 0.29) is 5.82 Å².